The number of hydrogen-bond donors (Lipinski definition) is 2. The maximum atomic E-state index is 9.51. The second-order valence-electron chi connectivity index (χ2n) is 3.43. The fourth-order valence-corrected chi connectivity index (χ4v) is 1.64. The lowest BCUT2D eigenvalue weighted by atomic mass is 9.81. The predicted octanol–water partition coefficient (Wildman–Crippen LogP) is 1.25. The lowest BCUT2D eigenvalue weighted by Gasteiger charge is -2.30. The van der Waals surface area contributed by atoms with E-state index in [1.807, 2.05) is 13.0 Å². The first-order valence-electron chi connectivity index (χ1n) is 4.32. The van der Waals surface area contributed by atoms with Crippen LogP contribution in [0.25, 0.3) is 0 Å². The summed E-state index contributed by atoms with van der Waals surface area (Å²) in [7, 11) is 0. The van der Waals surface area contributed by atoms with Crippen molar-refractivity contribution >= 4 is 0 Å². The van der Waals surface area contributed by atoms with Gasteiger partial charge in [-0.2, -0.15) is 0 Å². The Morgan fingerprint density at radius 1 is 1.50 bits per heavy atom. The Bertz CT molecular complexity index is 196. The van der Waals surface area contributed by atoms with Crippen LogP contribution in [0.15, 0.2) is 24.3 Å². The molecule has 0 aromatic carbocycles. The van der Waals surface area contributed by atoms with Gasteiger partial charge in [0.15, 0.2) is 0 Å². The average molecular weight is 168 g/mol. The molecule has 0 radical (unpaired) electrons. The topological polar surface area (TPSA) is 40.5 Å². The normalized spacial score (nSPS) is 39.9. The van der Waals surface area contributed by atoms with Gasteiger partial charge in [-0.25, -0.2) is 0 Å². The van der Waals surface area contributed by atoms with E-state index in [9.17, 15) is 10.2 Å². The van der Waals surface area contributed by atoms with Gasteiger partial charge >= 0.3 is 0 Å². The second kappa shape index (κ2) is 3.87. The van der Waals surface area contributed by atoms with Crippen molar-refractivity contribution in [2.24, 2.45) is 5.92 Å². The van der Waals surface area contributed by atoms with Crippen molar-refractivity contribution in [2.45, 2.75) is 32.0 Å². The molecule has 0 bridgehead atoms. The van der Waals surface area contributed by atoms with Crippen molar-refractivity contribution in [3.63, 3.8) is 0 Å². The summed E-state index contributed by atoms with van der Waals surface area (Å²) in [5.74, 6) is 0.159. The second-order valence-corrected chi connectivity index (χ2v) is 3.43. The maximum Gasteiger partial charge on any atom is 0.0627 e. The third kappa shape index (κ3) is 1.96. The van der Waals surface area contributed by atoms with Crippen molar-refractivity contribution in [2.75, 3.05) is 0 Å². The molecule has 2 nitrogen and oxygen atoms in total. The van der Waals surface area contributed by atoms with Crippen LogP contribution < -0.4 is 0 Å². The van der Waals surface area contributed by atoms with Crippen LogP contribution in [0.4, 0.5) is 0 Å². The molecule has 2 heteroatoms. The Kier molecular flexibility index (Phi) is 3.06. The first-order valence-corrected chi connectivity index (χ1v) is 4.32. The number of allylic oxidation sites excluding steroid dienone is 2. The minimum absolute atomic E-state index is 0.159. The molecule has 1 fully saturated rings. The van der Waals surface area contributed by atoms with Gasteiger partial charge in [0.05, 0.1) is 12.2 Å². The van der Waals surface area contributed by atoms with Crippen LogP contribution >= 0.6 is 0 Å². The fraction of sp³-hybridized carbons (Fsp3) is 0.600. The molecule has 12 heavy (non-hydrogen) atoms. The van der Waals surface area contributed by atoms with E-state index in [0.717, 1.165) is 5.57 Å². The SMILES string of the molecule is C=C/C=C1/CC(O)CC(O)C1C. The van der Waals surface area contributed by atoms with E-state index in [2.05, 4.69) is 6.58 Å². The Labute approximate surface area is 73.2 Å². The molecule has 1 aliphatic carbocycles. The molecule has 0 amide bonds. The van der Waals surface area contributed by atoms with E-state index >= 15 is 0 Å². The van der Waals surface area contributed by atoms with Gasteiger partial charge in [-0.15, -0.1) is 0 Å². The Hall–Kier alpha value is -0.600. The first kappa shape index (κ1) is 9.49. The van der Waals surface area contributed by atoms with Crippen LogP contribution in [0.3, 0.4) is 0 Å². The zero-order chi connectivity index (χ0) is 9.14. The predicted molar refractivity (Wildman–Crippen MR) is 48.7 cm³/mol. The van der Waals surface area contributed by atoms with Gasteiger partial charge in [-0.05, 0) is 6.42 Å². The quantitative estimate of drug-likeness (QED) is 0.618. The minimum atomic E-state index is -0.403. The fourth-order valence-electron chi connectivity index (χ4n) is 1.64. The molecule has 2 N–H and O–H groups in total. The smallest absolute Gasteiger partial charge is 0.0627 e. The maximum absolute atomic E-state index is 9.51. The zero-order valence-electron chi connectivity index (χ0n) is 7.40. The van der Waals surface area contributed by atoms with Crippen molar-refractivity contribution in [3.05, 3.63) is 24.3 Å². The molecule has 0 heterocycles. The van der Waals surface area contributed by atoms with Crippen LogP contribution in [0, 0.1) is 5.92 Å². The number of aliphatic hydroxyl groups is 2. The Morgan fingerprint density at radius 3 is 2.75 bits per heavy atom. The number of aliphatic hydroxyl groups excluding tert-OH is 2. The van der Waals surface area contributed by atoms with Crippen LogP contribution in [0.2, 0.25) is 0 Å². The first-order chi connectivity index (χ1) is 5.65. The summed E-state index contributed by atoms with van der Waals surface area (Å²) >= 11 is 0. The molecular weight excluding hydrogens is 152 g/mol. The summed E-state index contributed by atoms with van der Waals surface area (Å²) in [4.78, 5) is 0. The number of hydrogen-bond acceptors (Lipinski definition) is 2. The molecule has 1 aliphatic rings. The lowest BCUT2D eigenvalue weighted by molar-refractivity contribution is 0.0333. The van der Waals surface area contributed by atoms with Crippen LogP contribution in [0.5, 0.6) is 0 Å². The van der Waals surface area contributed by atoms with Gasteiger partial charge in [0.1, 0.15) is 0 Å². The monoisotopic (exact) mass is 168 g/mol. The lowest BCUT2D eigenvalue weighted by Crippen LogP contribution is -2.32. The van der Waals surface area contributed by atoms with Crippen LogP contribution in [-0.4, -0.2) is 22.4 Å². The molecule has 1 rings (SSSR count). The highest BCUT2D eigenvalue weighted by atomic mass is 16.3. The van der Waals surface area contributed by atoms with Crippen LogP contribution in [0.1, 0.15) is 19.8 Å². The highest BCUT2D eigenvalue weighted by molar-refractivity contribution is 5.17. The molecule has 3 atom stereocenters. The summed E-state index contributed by atoms with van der Waals surface area (Å²) in [6, 6.07) is 0. The highest BCUT2D eigenvalue weighted by Crippen LogP contribution is 2.29. The summed E-state index contributed by atoms with van der Waals surface area (Å²) in [6.07, 6.45) is 3.97. The van der Waals surface area contributed by atoms with Gasteiger partial charge in [-0.1, -0.05) is 31.2 Å². The minimum Gasteiger partial charge on any atom is -0.393 e. The van der Waals surface area contributed by atoms with Gasteiger partial charge in [0.25, 0.3) is 0 Å². The molecule has 0 saturated heterocycles. The third-order valence-electron chi connectivity index (χ3n) is 2.48. The van der Waals surface area contributed by atoms with Crippen molar-refractivity contribution in [3.8, 4) is 0 Å². The van der Waals surface area contributed by atoms with Crippen molar-refractivity contribution in [1.29, 1.82) is 0 Å². The largest absolute Gasteiger partial charge is 0.393 e. The molecule has 0 aromatic heterocycles. The average Bonchev–Trinajstić information content (AvgIpc) is 2.00. The Morgan fingerprint density at radius 2 is 2.17 bits per heavy atom. The van der Waals surface area contributed by atoms with Crippen molar-refractivity contribution < 1.29 is 10.2 Å². The van der Waals surface area contributed by atoms with Crippen LogP contribution in [-0.2, 0) is 0 Å². The van der Waals surface area contributed by atoms with E-state index in [1.165, 1.54) is 0 Å². The van der Waals surface area contributed by atoms with Gasteiger partial charge < -0.3 is 10.2 Å². The molecule has 0 spiro atoms. The van der Waals surface area contributed by atoms with E-state index in [0.29, 0.717) is 12.8 Å². The van der Waals surface area contributed by atoms with Crippen molar-refractivity contribution in [1.82, 2.24) is 0 Å². The molecule has 3 unspecified atom stereocenters. The zero-order valence-corrected chi connectivity index (χ0v) is 7.40. The summed E-state index contributed by atoms with van der Waals surface area (Å²) in [6.45, 7) is 5.58. The number of rotatable bonds is 1. The molecule has 0 aliphatic heterocycles. The summed E-state index contributed by atoms with van der Waals surface area (Å²) in [5, 5.41) is 18.9. The highest BCUT2D eigenvalue weighted by Gasteiger charge is 2.27. The molecular formula is C10H16O2. The van der Waals surface area contributed by atoms with E-state index in [-0.39, 0.29) is 12.0 Å². The molecule has 68 valence electrons. The van der Waals surface area contributed by atoms with E-state index in [1.54, 1.807) is 6.08 Å². The summed E-state index contributed by atoms with van der Waals surface area (Å²) in [5.41, 5.74) is 1.09. The summed E-state index contributed by atoms with van der Waals surface area (Å²) < 4.78 is 0. The Balaban J connectivity index is 2.72. The van der Waals surface area contributed by atoms with Gasteiger partial charge in [-0.3, -0.25) is 0 Å². The van der Waals surface area contributed by atoms with E-state index in [4.69, 9.17) is 0 Å². The standard InChI is InChI=1S/C10H16O2/c1-3-4-8-5-9(11)6-10(12)7(8)2/h3-4,7,9-12H,1,5-6H2,2H3/b8-4-. The molecule has 0 aromatic rings. The van der Waals surface area contributed by atoms with Gasteiger partial charge in [0.2, 0.25) is 0 Å². The molecule has 1 saturated carbocycles. The third-order valence-corrected chi connectivity index (χ3v) is 2.48. The van der Waals surface area contributed by atoms with E-state index < -0.39 is 6.10 Å². The van der Waals surface area contributed by atoms with Gasteiger partial charge in [0, 0.05) is 12.3 Å².